The van der Waals surface area contributed by atoms with Crippen molar-refractivity contribution in [1.29, 1.82) is 0 Å². The van der Waals surface area contributed by atoms with Gasteiger partial charge in [0.05, 0.1) is 13.7 Å². The van der Waals surface area contributed by atoms with Crippen LogP contribution in [0.1, 0.15) is 37.9 Å². The Bertz CT molecular complexity index is 489. The predicted molar refractivity (Wildman–Crippen MR) is 79.9 cm³/mol. The van der Waals surface area contributed by atoms with Gasteiger partial charge in [-0.3, -0.25) is 0 Å². The molecule has 5 nitrogen and oxygen atoms in total. The lowest BCUT2D eigenvalue weighted by molar-refractivity contribution is 0.0323. The van der Waals surface area contributed by atoms with E-state index in [-0.39, 0.29) is 12.2 Å². The van der Waals surface area contributed by atoms with Crippen LogP contribution in [0.25, 0.3) is 0 Å². The van der Waals surface area contributed by atoms with Crippen molar-refractivity contribution in [1.82, 2.24) is 4.90 Å². The van der Waals surface area contributed by atoms with Crippen LogP contribution in [0.15, 0.2) is 18.2 Å². The summed E-state index contributed by atoms with van der Waals surface area (Å²) in [5.41, 5.74) is 0.948. The van der Waals surface area contributed by atoms with E-state index in [4.69, 9.17) is 14.2 Å². The zero-order chi connectivity index (χ0) is 15.2. The van der Waals surface area contributed by atoms with Gasteiger partial charge in [0.25, 0.3) is 0 Å². The summed E-state index contributed by atoms with van der Waals surface area (Å²) in [7, 11) is 3.36. The molecule has 0 aliphatic carbocycles. The zero-order valence-electron chi connectivity index (χ0n) is 12.9. The number of benzene rings is 1. The molecule has 1 aromatic carbocycles. The van der Waals surface area contributed by atoms with Crippen LogP contribution in [0, 0.1) is 0 Å². The first-order valence-electron chi connectivity index (χ1n) is 7.38. The molecule has 1 aliphatic rings. The molecule has 0 bridgehead atoms. The van der Waals surface area contributed by atoms with Crippen LogP contribution >= 0.6 is 0 Å². The summed E-state index contributed by atoms with van der Waals surface area (Å²) < 4.78 is 16.5. The molecule has 21 heavy (non-hydrogen) atoms. The summed E-state index contributed by atoms with van der Waals surface area (Å²) in [5.74, 6) is 1.41. The summed E-state index contributed by atoms with van der Waals surface area (Å²) in [6.45, 7) is 3.47. The molecule has 5 heteroatoms. The largest absolute Gasteiger partial charge is 0.493 e. The minimum Gasteiger partial charge on any atom is -0.493 e. The number of unbranched alkanes of at least 4 members (excludes halogenated alkanes) is 1. The minimum absolute atomic E-state index is 0.215. The first-order valence-corrected chi connectivity index (χ1v) is 7.38. The molecule has 1 aromatic rings. The van der Waals surface area contributed by atoms with Crippen molar-refractivity contribution in [3.63, 3.8) is 0 Å². The fourth-order valence-electron chi connectivity index (χ4n) is 2.24. The van der Waals surface area contributed by atoms with Gasteiger partial charge in [0.15, 0.2) is 11.5 Å². The molecule has 1 heterocycles. The highest BCUT2D eigenvalue weighted by molar-refractivity contribution is 5.68. The molecule has 1 aliphatic heterocycles. The minimum atomic E-state index is -0.282. The number of hydrogen-bond donors (Lipinski definition) is 0. The van der Waals surface area contributed by atoms with Gasteiger partial charge in [-0.1, -0.05) is 19.4 Å². The molecule has 1 fully saturated rings. The molecule has 1 atom stereocenters. The molecule has 116 valence electrons. The van der Waals surface area contributed by atoms with Gasteiger partial charge in [-0.15, -0.1) is 0 Å². The standard InChI is InChI=1S/C16H23NO4/c1-4-5-10-20-15-11-12(6-7-14(15)19-3)13-8-9-17(2)16(18)21-13/h6-7,11,13H,4-5,8-10H2,1-3H3. The Hall–Kier alpha value is -1.91. The number of cyclic esters (lactones) is 1. The van der Waals surface area contributed by atoms with E-state index in [1.165, 1.54) is 0 Å². The van der Waals surface area contributed by atoms with E-state index in [1.807, 2.05) is 18.2 Å². The van der Waals surface area contributed by atoms with Crippen LogP contribution in [0.3, 0.4) is 0 Å². The van der Waals surface area contributed by atoms with E-state index < -0.39 is 0 Å². The second kappa shape index (κ2) is 7.20. The van der Waals surface area contributed by atoms with Crippen LogP contribution in [0.5, 0.6) is 11.5 Å². The van der Waals surface area contributed by atoms with Gasteiger partial charge in [-0.05, 0) is 24.1 Å². The molecule has 0 saturated carbocycles. The third-order valence-corrected chi connectivity index (χ3v) is 3.60. The number of rotatable bonds is 6. The van der Waals surface area contributed by atoms with E-state index in [1.54, 1.807) is 19.1 Å². The molecule has 0 aromatic heterocycles. The van der Waals surface area contributed by atoms with Crippen LogP contribution in [0.4, 0.5) is 4.79 Å². The second-order valence-corrected chi connectivity index (χ2v) is 5.19. The first kappa shape index (κ1) is 15.5. The molecule has 0 N–H and O–H groups in total. The third-order valence-electron chi connectivity index (χ3n) is 3.60. The molecule has 0 spiro atoms. The van der Waals surface area contributed by atoms with Crippen molar-refractivity contribution in [2.45, 2.75) is 32.3 Å². The smallest absolute Gasteiger partial charge is 0.410 e. The maximum atomic E-state index is 11.6. The van der Waals surface area contributed by atoms with E-state index in [0.717, 1.165) is 24.8 Å². The van der Waals surface area contributed by atoms with Crippen LogP contribution < -0.4 is 9.47 Å². The van der Waals surface area contributed by atoms with Crippen molar-refractivity contribution in [2.24, 2.45) is 0 Å². The van der Waals surface area contributed by atoms with Crippen LogP contribution in [0.2, 0.25) is 0 Å². The molecular formula is C16H23NO4. The molecule has 1 amide bonds. The van der Waals surface area contributed by atoms with Gasteiger partial charge < -0.3 is 19.1 Å². The lowest BCUT2D eigenvalue weighted by Gasteiger charge is -2.29. The third kappa shape index (κ3) is 3.80. The van der Waals surface area contributed by atoms with E-state index in [0.29, 0.717) is 24.7 Å². The SMILES string of the molecule is CCCCOc1cc(C2CCN(C)C(=O)O2)ccc1OC. The monoisotopic (exact) mass is 293 g/mol. The summed E-state index contributed by atoms with van der Waals surface area (Å²) in [6, 6.07) is 5.70. The number of carbonyl (C=O) groups excluding carboxylic acids is 1. The Balaban J connectivity index is 2.13. The zero-order valence-corrected chi connectivity index (χ0v) is 12.9. The van der Waals surface area contributed by atoms with Crippen molar-refractivity contribution < 1.29 is 19.0 Å². The summed E-state index contributed by atoms with van der Waals surface area (Å²) in [6.07, 6.45) is 2.36. The lowest BCUT2D eigenvalue weighted by atomic mass is 10.0. The normalized spacial score (nSPS) is 18.3. The lowest BCUT2D eigenvalue weighted by Crippen LogP contribution is -2.35. The van der Waals surface area contributed by atoms with Crippen LogP contribution in [-0.4, -0.2) is 38.3 Å². The molecule has 2 rings (SSSR count). The van der Waals surface area contributed by atoms with Gasteiger partial charge in [-0.2, -0.15) is 0 Å². The Morgan fingerprint density at radius 2 is 2.19 bits per heavy atom. The average molecular weight is 293 g/mol. The van der Waals surface area contributed by atoms with Crippen molar-refractivity contribution in [3.05, 3.63) is 23.8 Å². The first-order chi connectivity index (χ1) is 10.2. The Kier molecular flexibility index (Phi) is 5.31. The van der Waals surface area contributed by atoms with E-state index in [9.17, 15) is 4.79 Å². The maximum Gasteiger partial charge on any atom is 0.410 e. The van der Waals surface area contributed by atoms with Gasteiger partial charge >= 0.3 is 6.09 Å². The van der Waals surface area contributed by atoms with Gasteiger partial charge in [0, 0.05) is 20.0 Å². The van der Waals surface area contributed by atoms with Crippen molar-refractivity contribution >= 4 is 6.09 Å². The fraction of sp³-hybridized carbons (Fsp3) is 0.562. The number of amides is 1. The van der Waals surface area contributed by atoms with Gasteiger partial charge in [0.2, 0.25) is 0 Å². The van der Waals surface area contributed by atoms with E-state index in [2.05, 4.69) is 6.92 Å². The fourth-order valence-corrected chi connectivity index (χ4v) is 2.24. The summed E-state index contributed by atoms with van der Waals surface area (Å²) in [4.78, 5) is 13.2. The van der Waals surface area contributed by atoms with E-state index >= 15 is 0 Å². The Labute approximate surface area is 125 Å². The number of carbonyl (C=O) groups is 1. The summed E-state index contributed by atoms with van der Waals surface area (Å²) >= 11 is 0. The molecule has 1 unspecified atom stereocenters. The number of nitrogens with zero attached hydrogens (tertiary/aromatic N) is 1. The predicted octanol–water partition coefficient (Wildman–Crippen LogP) is 3.39. The van der Waals surface area contributed by atoms with Crippen LogP contribution in [-0.2, 0) is 4.74 Å². The number of ether oxygens (including phenoxy) is 3. The average Bonchev–Trinajstić information content (AvgIpc) is 2.50. The highest BCUT2D eigenvalue weighted by atomic mass is 16.6. The van der Waals surface area contributed by atoms with Crippen molar-refractivity contribution in [3.8, 4) is 11.5 Å². The molecule has 0 radical (unpaired) electrons. The highest BCUT2D eigenvalue weighted by Crippen LogP contribution is 2.34. The van der Waals surface area contributed by atoms with Crippen molar-refractivity contribution in [2.75, 3.05) is 27.3 Å². The highest BCUT2D eigenvalue weighted by Gasteiger charge is 2.26. The Morgan fingerprint density at radius 3 is 2.86 bits per heavy atom. The number of hydrogen-bond acceptors (Lipinski definition) is 4. The number of methoxy groups -OCH3 is 1. The molecular weight excluding hydrogens is 270 g/mol. The second-order valence-electron chi connectivity index (χ2n) is 5.19. The quantitative estimate of drug-likeness (QED) is 0.754. The topological polar surface area (TPSA) is 48.0 Å². The molecule has 1 saturated heterocycles. The van der Waals surface area contributed by atoms with Gasteiger partial charge in [0.1, 0.15) is 6.10 Å². The van der Waals surface area contributed by atoms with Gasteiger partial charge in [-0.25, -0.2) is 4.79 Å². The summed E-state index contributed by atoms with van der Waals surface area (Å²) in [5, 5.41) is 0. The Morgan fingerprint density at radius 1 is 1.38 bits per heavy atom. The maximum absolute atomic E-state index is 11.6.